The predicted octanol–water partition coefficient (Wildman–Crippen LogP) is 3.39. The van der Waals surface area contributed by atoms with Crippen LogP contribution in [0.1, 0.15) is 19.4 Å². The fourth-order valence-electron chi connectivity index (χ4n) is 1.40. The predicted molar refractivity (Wildman–Crippen MR) is 61.1 cm³/mol. The van der Waals surface area contributed by atoms with Crippen LogP contribution in [0, 0.1) is 0 Å². The van der Waals surface area contributed by atoms with Crippen LogP contribution >= 0.6 is 15.9 Å². The van der Waals surface area contributed by atoms with E-state index in [1.807, 2.05) is 26.0 Å². The van der Waals surface area contributed by atoms with Crippen molar-refractivity contribution in [3.63, 3.8) is 0 Å². The van der Waals surface area contributed by atoms with Crippen LogP contribution in [-0.4, -0.2) is 0 Å². The summed E-state index contributed by atoms with van der Waals surface area (Å²) in [4.78, 5) is 0. The molecule has 0 saturated heterocycles. The van der Waals surface area contributed by atoms with Crippen molar-refractivity contribution in [2.45, 2.75) is 19.4 Å². The van der Waals surface area contributed by atoms with Gasteiger partial charge in [0.05, 0.1) is 4.47 Å². The van der Waals surface area contributed by atoms with Gasteiger partial charge in [0.2, 0.25) is 0 Å². The summed E-state index contributed by atoms with van der Waals surface area (Å²) in [5.74, 6) is 0. The van der Waals surface area contributed by atoms with E-state index in [0.717, 1.165) is 21.0 Å². The highest BCUT2D eigenvalue weighted by Gasteiger charge is 2.15. The van der Waals surface area contributed by atoms with Gasteiger partial charge >= 0.3 is 0 Å². The van der Waals surface area contributed by atoms with Crippen LogP contribution in [0.15, 0.2) is 33.4 Å². The molecule has 0 aliphatic carbocycles. The molecule has 0 unspecified atom stereocenters. The van der Waals surface area contributed by atoms with Crippen LogP contribution in [0.5, 0.6) is 0 Å². The molecule has 0 radical (unpaired) electrons. The minimum Gasteiger partial charge on any atom is -0.463 e. The molecule has 0 amide bonds. The number of furan rings is 1. The Balaban J connectivity index is 2.66. The minimum absolute atomic E-state index is 0.315. The molecule has 0 spiro atoms. The van der Waals surface area contributed by atoms with E-state index in [4.69, 9.17) is 10.2 Å². The molecule has 2 nitrogen and oxygen atoms in total. The zero-order valence-corrected chi connectivity index (χ0v) is 9.76. The van der Waals surface area contributed by atoms with Gasteiger partial charge in [0.25, 0.3) is 0 Å². The Hall–Kier alpha value is -0.800. The van der Waals surface area contributed by atoms with Gasteiger partial charge in [-0.1, -0.05) is 6.07 Å². The van der Waals surface area contributed by atoms with Crippen molar-refractivity contribution in [2.24, 2.45) is 5.73 Å². The molecule has 2 N–H and O–H groups in total. The van der Waals surface area contributed by atoms with Crippen molar-refractivity contribution >= 4 is 26.9 Å². The smallest absolute Gasteiger partial charge is 0.135 e. The van der Waals surface area contributed by atoms with Gasteiger partial charge in [-0.15, -0.1) is 0 Å². The Labute approximate surface area is 91.2 Å². The van der Waals surface area contributed by atoms with Crippen LogP contribution in [0.25, 0.3) is 11.0 Å². The van der Waals surface area contributed by atoms with Gasteiger partial charge in [0.15, 0.2) is 0 Å². The molecule has 2 rings (SSSR count). The van der Waals surface area contributed by atoms with Crippen molar-refractivity contribution < 1.29 is 4.42 Å². The Morgan fingerprint density at radius 2 is 2.07 bits per heavy atom. The monoisotopic (exact) mass is 253 g/mol. The first-order valence-electron chi connectivity index (χ1n) is 4.44. The molecule has 0 saturated carbocycles. The van der Waals surface area contributed by atoms with E-state index >= 15 is 0 Å². The van der Waals surface area contributed by atoms with Gasteiger partial charge in [0, 0.05) is 10.9 Å². The van der Waals surface area contributed by atoms with E-state index in [0.29, 0.717) is 0 Å². The summed E-state index contributed by atoms with van der Waals surface area (Å²) in [5.41, 5.74) is 7.69. The summed E-state index contributed by atoms with van der Waals surface area (Å²) in [6, 6.07) is 6.01. The number of nitrogens with two attached hydrogens (primary N) is 1. The maximum atomic E-state index is 6.02. The molecule has 0 bridgehead atoms. The lowest BCUT2D eigenvalue weighted by Gasteiger charge is -2.18. The van der Waals surface area contributed by atoms with Gasteiger partial charge in [-0.25, -0.2) is 0 Å². The summed E-state index contributed by atoms with van der Waals surface area (Å²) in [7, 11) is 0. The SMILES string of the molecule is CC(C)(N)c1ccc2occ(Br)c2c1. The lowest BCUT2D eigenvalue weighted by molar-refractivity contribution is 0.554. The second-order valence-corrected chi connectivity index (χ2v) is 4.87. The molecule has 2 aromatic rings. The van der Waals surface area contributed by atoms with Crippen molar-refractivity contribution in [3.8, 4) is 0 Å². The molecule has 1 aromatic carbocycles. The van der Waals surface area contributed by atoms with E-state index in [1.165, 1.54) is 0 Å². The molecule has 0 atom stereocenters. The Bertz CT molecular complexity index is 468. The van der Waals surface area contributed by atoms with Crippen LogP contribution in [0.4, 0.5) is 0 Å². The third-order valence-corrected chi connectivity index (χ3v) is 2.88. The van der Waals surface area contributed by atoms with Gasteiger partial charge in [-0.3, -0.25) is 0 Å². The second-order valence-electron chi connectivity index (χ2n) is 4.02. The fourth-order valence-corrected chi connectivity index (χ4v) is 1.80. The summed E-state index contributed by atoms with van der Waals surface area (Å²) in [6.45, 7) is 3.98. The molecule has 1 heterocycles. The number of halogens is 1. The first-order valence-corrected chi connectivity index (χ1v) is 5.24. The summed E-state index contributed by atoms with van der Waals surface area (Å²) in [6.07, 6.45) is 1.69. The highest BCUT2D eigenvalue weighted by atomic mass is 79.9. The van der Waals surface area contributed by atoms with E-state index in [1.54, 1.807) is 6.26 Å². The van der Waals surface area contributed by atoms with Crippen LogP contribution in [0.3, 0.4) is 0 Å². The summed E-state index contributed by atoms with van der Waals surface area (Å²) < 4.78 is 6.30. The molecule has 0 aliphatic heterocycles. The molecular formula is C11H12BrNO. The fraction of sp³-hybridized carbons (Fsp3) is 0.273. The molecule has 0 fully saturated rings. The zero-order valence-electron chi connectivity index (χ0n) is 8.17. The first-order chi connectivity index (χ1) is 6.48. The van der Waals surface area contributed by atoms with E-state index in [9.17, 15) is 0 Å². The van der Waals surface area contributed by atoms with Gasteiger partial charge < -0.3 is 10.2 Å². The maximum Gasteiger partial charge on any atom is 0.135 e. The number of hydrogen-bond donors (Lipinski definition) is 1. The standard InChI is InChI=1S/C11H12BrNO/c1-11(2,13)7-3-4-10-8(5-7)9(12)6-14-10/h3-6H,13H2,1-2H3. The van der Waals surface area contributed by atoms with Crippen molar-refractivity contribution in [3.05, 3.63) is 34.5 Å². The molecule has 3 heteroatoms. The Morgan fingerprint density at radius 3 is 2.71 bits per heavy atom. The first kappa shape index (κ1) is 9.74. The highest BCUT2D eigenvalue weighted by Crippen LogP contribution is 2.29. The average molecular weight is 254 g/mol. The number of benzene rings is 1. The second kappa shape index (κ2) is 3.11. The number of rotatable bonds is 1. The lowest BCUT2D eigenvalue weighted by Crippen LogP contribution is -2.28. The maximum absolute atomic E-state index is 6.02. The van der Waals surface area contributed by atoms with E-state index < -0.39 is 0 Å². The normalized spacial score (nSPS) is 12.3. The molecule has 14 heavy (non-hydrogen) atoms. The van der Waals surface area contributed by atoms with E-state index in [-0.39, 0.29) is 5.54 Å². The van der Waals surface area contributed by atoms with Crippen molar-refractivity contribution in [1.82, 2.24) is 0 Å². The van der Waals surface area contributed by atoms with Crippen molar-refractivity contribution in [1.29, 1.82) is 0 Å². The number of hydrogen-bond acceptors (Lipinski definition) is 2. The lowest BCUT2D eigenvalue weighted by atomic mass is 9.95. The zero-order chi connectivity index (χ0) is 10.3. The molecule has 74 valence electrons. The Morgan fingerprint density at radius 1 is 1.36 bits per heavy atom. The molecule has 1 aromatic heterocycles. The average Bonchev–Trinajstić information content (AvgIpc) is 2.46. The quantitative estimate of drug-likeness (QED) is 0.847. The van der Waals surface area contributed by atoms with Gasteiger partial charge in [-0.05, 0) is 47.5 Å². The summed E-state index contributed by atoms with van der Waals surface area (Å²) in [5, 5.41) is 1.07. The summed E-state index contributed by atoms with van der Waals surface area (Å²) >= 11 is 3.43. The van der Waals surface area contributed by atoms with Crippen LogP contribution in [0.2, 0.25) is 0 Å². The topological polar surface area (TPSA) is 39.2 Å². The number of fused-ring (bicyclic) bond motifs is 1. The van der Waals surface area contributed by atoms with Gasteiger partial charge in [0.1, 0.15) is 11.8 Å². The molecular weight excluding hydrogens is 242 g/mol. The third-order valence-electron chi connectivity index (χ3n) is 2.27. The van der Waals surface area contributed by atoms with Crippen molar-refractivity contribution in [2.75, 3.05) is 0 Å². The highest BCUT2D eigenvalue weighted by molar-refractivity contribution is 9.10. The Kier molecular flexibility index (Phi) is 2.16. The minimum atomic E-state index is -0.315. The van der Waals surface area contributed by atoms with E-state index in [2.05, 4.69) is 22.0 Å². The largest absolute Gasteiger partial charge is 0.463 e. The van der Waals surface area contributed by atoms with Gasteiger partial charge in [-0.2, -0.15) is 0 Å². The molecule has 0 aliphatic rings. The van der Waals surface area contributed by atoms with Crippen LogP contribution in [-0.2, 0) is 5.54 Å². The third kappa shape index (κ3) is 1.57. The van der Waals surface area contributed by atoms with Crippen LogP contribution < -0.4 is 5.73 Å².